The highest BCUT2D eigenvalue weighted by molar-refractivity contribution is 7.09. The fourth-order valence-corrected chi connectivity index (χ4v) is 2.86. The molecular formula is C12H20N4O2S. The minimum absolute atomic E-state index is 0.153. The Bertz CT molecular complexity index is 424. The molecule has 0 N–H and O–H groups in total. The van der Waals surface area contributed by atoms with Crippen LogP contribution in [0.2, 0.25) is 0 Å². The molecule has 0 unspecified atom stereocenters. The highest BCUT2D eigenvalue weighted by atomic mass is 32.1. The summed E-state index contributed by atoms with van der Waals surface area (Å²) in [6, 6.07) is 0. The highest BCUT2D eigenvalue weighted by Gasteiger charge is 2.19. The molecule has 0 aliphatic carbocycles. The van der Waals surface area contributed by atoms with Crippen LogP contribution >= 0.6 is 11.5 Å². The van der Waals surface area contributed by atoms with Gasteiger partial charge in [-0.2, -0.15) is 4.37 Å². The lowest BCUT2D eigenvalue weighted by Crippen LogP contribution is -2.33. The number of hydrogen-bond donors (Lipinski definition) is 0. The van der Waals surface area contributed by atoms with Gasteiger partial charge in [0.15, 0.2) is 0 Å². The van der Waals surface area contributed by atoms with Gasteiger partial charge in [-0.1, -0.05) is 0 Å². The van der Waals surface area contributed by atoms with Crippen molar-refractivity contribution in [1.82, 2.24) is 14.3 Å². The molecule has 106 valence electrons. The molecule has 0 saturated carbocycles. The predicted octanol–water partition coefficient (Wildman–Crippen LogP) is 0.786. The molecule has 6 nitrogen and oxygen atoms in total. The zero-order chi connectivity index (χ0) is 13.7. The smallest absolute Gasteiger partial charge is 0.219 e. The molecule has 1 fully saturated rings. The maximum Gasteiger partial charge on any atom is 0.219 e. The fourth-order valence-electron chi connectivity index (χ4n) is 2.09. The van der Waals surface area contributed by atoms with Crippen molar-refractivity contribution in [2.45, 2.75) is 19.8 Å². The van der Waals surface area contributed by atoms with Gasteiger partial charge in [-0.25, -0.2) is 4.98 Å². The second-order valence-electron chi connectivity index (χ2n) is 4.58. The molecule has 1 aliphatic heterocycles. The van der Waals surface area contributed by atoms with Gasteiger partial charge in [0, 0.05) is 58.2 Å². The van der Waals surface area contributed by atoms with Gasteiger partial charge in [0.2, 0.25) is 11.0 Å². The summed E-state index contributed by atoms with van der Waals surface area (Å²) in [5.74, 6) is 0.995. The van der Waals surface area contributed by atoms with Gasteiger partial charge >= 0.3 is 0 Å². The standard InChI is InChI=1S/C12H20N4O2S/c1-10(17)15-5-3-6-16(8-7-15)12-13-11(14-19-12)4-9-18-2/h3-9H2,1-2H3. The lowest BCUT2D eigenvalue weighted by Gasteiger charge is -2.20. The van der Waals surface area contributed by atoms with Crippen molar-refractivity contribution >= 4 is 22.6 Å². The van der Waals surface area contributed by atoms with Crippen LogP contribution in [0, 0.1) is 0 Å². The molecule has 2 heterocycles. The Kier molecular flexibility index (Phi) is 5.09. The van der Waals surface area contributed by atoms with E-state index in [1.54, 1.807) is 14.0 Å². The highest BCUT2D eigenvalue weighted by Crippen LogP contribution is 2.19. The van der Waals surface area contributed by atoms with Crippen LogP contribution in [-0.4, -0.2) is 60.1 Å². The Morgan fingerprint density at radius 3 is 2.95 bits per heavy atom. The largest absolute Gasteiger partial charge is 0.384 e. The number of nitrogens with zero attached hydrogens (tertiary/aromatic N) is 4. The number of hydrogen-bond acceptors (Lipinski definition) is 6. The van der Waals surface area contributed by atoms with Crippen LogP contribution < -0.4 is 4.90 Å². The van der Waals surface area contributed by atoms with E-state index in [0.29, 0.717) is 6.61 Å². The summed E-state index contributed by atoms with van der Waals surface area (Å²) in [5, 5.41) is 0.955. The van der Waals surface area contributed by atoms with Crippen LogP contribution in [0.5, 0.6) is 0 Å². The minimum atomic E-state index is 0.153. The van der Waals surface area contributed by atoms with E-state index in [1.807, 2.05) is 4.90 Å². The van der Waals surface area contributed by atoms with Crippen molar-refractivity contribution in [2.75, 3.05) is 44.8 Å². The van der Waals surface area contributed by atoms with E-state index in [-0.39, 0.29) is 5.91 Å². The average molecular weight is 284 g/mol. The molecule has 0 atom stereocenters. The third-order valence-electron chi connectivity index (χ3n) is 3.20. The Morgan fingerprint density at radius 2 is 2.21 bits per heavy atom. The van der Waals surface area contributed by atoms with Crippen LogP contribution in [0.3, 0.4) is 0 Å². The third kappa shape index (κ3) is 3.87. The first kappa shape index (κ1) is 14.2. The first-order valence-corrected chi connectivity index (χ1v) is 7.30. The molecule has 1 saturated heterocycles. The van der Waals surface area contributed by atoms with E-state index in [4.69, 9.17) is 4.74 Å². The van der Waals surface area contributed by atoms with Gasteiger partial charge in [0.05, 0.1) is 6.61 Å². The number of amides is 1. The third-order valence-corrected chi connectivity index (χ3v) is 4.01. The van der Waals surface area contributed by atoms with Gasteiger partial charge in [-0.3, -0.25) is 4.79 Å². The number of carbonyl (C=O) groups excluding carboxylic acids is 1. The maximum atomic E-state index is 11.4. The summed E-state index contributed by atoms with van der Waals surface area (Å²) in [5.41, 5.74) is 0. The van der Waals surface area contributed by atoms with E-state index in [2.05, 4.69) is 14.3 Å². The van der Waals surface area contributed by atoms with E-state index < -0.39 is 0 Å². The first-order valence-electron chi connectivity index (χ1n) is 6.52. The van der Waals surface area contributed by atoms with Crippen molar-refractivity contribution in [3.05, 3.63) is 5.82 Å². The molecule has 7 heteroatoms. The monoisotopic (exact) mass is 284 g/mol. The molecule has 0 aromatic carbocycles. The summed E-state index contributed by atoms with van der Waals surface area (Å²) in [4.78, 5) is 20.0. The lowest BCUT2D eigenvalue weighted by molar-refractivity contribution is -0.128. The van der Waals surface area contributed by atoms with Crippen molar-refractivity contribution in [3.8, 4) is 0 Å². The molecule has 2 rings (SSSR count). The summed E-state index contributed by atoms with van der Waals surface area (Å²) in [6.45, 7) is 5.64. The molecule has 0 spiro atoms. The summed E-state index contributed by atoms with van der Waals surface area (Å²) < 4.78 is 9.37. The van der Waals surface area contributed by atoms with E-state index in [1.165, 1.54) is 11.5 Å². The Labute approximate surface area is 117 Å². The van der Waals surface area contributed by atoms with E-state index in [9.17, 15) is 4.79 Å². The predicted molar refractivity (Wildman–Crippen MR) is 74.6 cm³/mol. The molecule has 19 heavy (non-hydrogen) atoms. The van der Waals surface area contributed by atoms with Crippen molar-refractivity contribution in [1.29, 1.82) is 0 Å². The maximum absolute atomic E-state index is 11.4. The Hall–Kier alpha value is -1.21. The molecule has 1 aromatic rings. The van der Waals surface area contributed by atoms with Crippen LogP contribution in [0.4, 0.5) is 5.13 Å². The van der Waals surface area contributed by atoms with E-state index in [0.717, 1.165) is 50.0 Å². The molecule has 1 aromatic heterocycles. The normalized spacial score (nSPS) is 16.5. The van der Waals surface area contributed by atoms with E-state index >= 15 is 0 Å². The molecule has 0 bridgehead atoms. The molecule has 1 aliphatic rings. The number of rotatable bonds is 4. The molecule has 0 radical (unpaired) electrons. The Balaban J connectivity index is 1.94. The summed E-state index contributed by atoms with van der Waals surface area (Å²) in [6.07, 6.45) is 1.73. The van der Waals surface area contributed by atoms with Gasteiger partial charge in [-0.15, -0.1) is 0 Å². The summed E-state index contributed by atoms with van der Waals surface area (Å²) >= 11 is 1.43. The second-order valence-corrected chi connectivity index (χ2v) is 5.31. The average Bonchev–Trinajstić information content (AvgIpc) is 2.71. The van der Waals surface area contributed by atoms with Gasteiger partial charge in [0.25, 0.3) is 0 Å². The van der Waals surface area contributed by atoms with Gasteiger partial charge in [-0.05, 0) is 6.42 Å². The topological polar surface area (TPSA) is 58.6 Å². The lowest BCUT2D eigenvalue weighted by atomic mass is 10.4. The number of ether oxygens (including phenoxy) is 1. The van der Waals surface area contributed by atoms with Gasteiger partial charge < -0.3 is 14.5 Å². The first-order chi connectivity index (χ1) is 9.20. The quantitative estimate of drug-likeness (QED) is 0.818. The minimum Gasteiger partial charge on any atom is -0.384 e. The van der Waals surface area contributed by atoms with Crippen molar-refractivity contribution in [3.63, 3.8) is 0 Å². The van der Waals surface area contributed by atoms with Crippen LogP contribution in [0.15, 0.2) is 0 Å². The second kappa shape index (κ2) is 6.81. The van der Waals surface area contributed by atoms with Gasteiger partial charge in [0.1, 0.15) is 5.82 Å². The van der Waals surface area contributed by atoms with Crippen LogP contribution in [0.25, 0.3) is 0 Å². The number of carbonyl (C=O) groups is 1. The SMILES string of the molecule is COCCc1nsc(N2CCCN(C(C)=O)CC2)n1. The molecule has 1 amide bonds. The zero-order valence-electron chi connectivity index (χ0n) is 11.5. The van der Waals surface area contributed by atoms with Crippen molar-refractivity contribution < 1.29 is 9.53 Å². The van der Waals surface area contributed by atoms with Crippen LogP contribution in [-0.2, 0) is 16.0 Å². The number of aromatic nitrogens is 2. The zero-order valence-corrected chi connectivity index (χ0v) is 12.3. The number of anilines is 1. The Morgan fingerprint density at radius 1 is 1.37 bits per heavy atom. The van der Waals surface area contributed by atoms with Crippen LogP contribution in [0.1, 0.15) is 19.2 Å². The number of methoxy groups -OCH3 is 1. The summed E-state index contributed by atoms with van der Waals surface area (Å²) in [7, 11) is 1.68. The fraction of sp³-hybridized carbons (Fsp3) is 0.750. The van der Waals surface area contributed by atoms with Crippen molar-refractivity contribution in [2.24, 2.45) is 0 Å². The molecular weight excluding hydrogens is 264 g/mol.